The summed E-state index contributed by atoms with van der Waals surface area (Å²) in [4.78, 5) is 4.74. The highest BCUT2D eigenvalue weighted by Gasteiger charge is 2.17. The van der Waals surface area contributed by atoms with Gasteiger partial charge < -0.3 is 4.40 Å². The standard InChI is InChI=1S/C19H21N3O2S/c23-25(24,18-9-8-15-5-1-2-6-16(15)13-18)21-11-10-19-20-14-17-7-3-4-12-22(17)19/h3-4,7-9,12-14,21H,1-2,5-6,10-11H2. The molecule has 2 aromatic heterocycles. The number of hydrogen-bond donors (Lipinski definition) is 1. The zero-order chi connectivity index (χ0) is 17.3. The van der Waals surface area contributed by atoms with Crippen LogP contribution in [-0.4, -0.2) is 24.3 Å². The lowest BCUT2D eigenvalue weighted by atomic mass is 9.92. The van der Waals surface area contributed by atoms with Gasteiger partial charge in [-0.25, -0.2) is 18.1 Å². The Kier molecular flexibility index (Phi) is 4.31. The molecule has 1 aromatic carbocycles. The Morgan fingerprint density at radius 2 is 1.92 bits per heavy atom. The number of sulfonamides is 1. The number of rotatable bonds is 5. The second-order valence-corrected chi connectivity index (χ2v) is 8.22. The van der Waals surface area contributed by atoms with Crippen molar-refractivity contribution in [2.75, 3.05) is 6.54 Å². The average molecular weight is 355 g/mol. The molecule has 0 spiro atoms. The summed E-state index contributed by atoms with van der Waals surface area (Å²) in [6.07, 6.45) is 8.63. The summed E-state index contributed by atoms with van der Waals surface area (Å²) in [7, 11) is -3.49. The molecule has 5 nitrogen and oxygen atoms in total. The highest BCUT2D eigenvalue weighted by molar-refractivity contribution is 7.89. The summed E-state index contributed by atoms with van der Waals surface area (Å²) < 4.78 is 29.8. The molecule has 4 rings (SSSR count). The Balaban J connectivity index is 1.46. The van der Waals surface area contributed by atoms with Gasteiger partial charge in [0, 0.05) is 19.2 Å². The van der Waals surface area contributed by atoms with Gasteiger partial charge >= 0.3 is 0 Å². The molecule has 0 aliphatic heterocycles. The maximum Gasteiger partial charge on any atom is 0.240 e. The molecule has 0 bridgehead atoms. The third kappa shape index (κ3) is 3.32. The van der Waals surface area contributed by atoms with Gasteiger partial charge in [-0.15, -0.1) is 0 Å². The van der Waals surface area contributed by atoms with Crippen molar-refractivity contribution < 1.29 is 8.42 Å². The lowest BCUT2D eigenvalue weighted by Crippen LogP contribution is -2.26. The van der Waals surface area contributed by atoms with Gasteiger partial charge in [-0.3, -0.25) is 0 Å². The van der Waals surface area contributed by atoms with Crippen molar-refractivity contribution in [2.24, 2.45) is 0 Å². The van der Waals surface area contributed by atoms with E-state index in [1.54, 1.807) is 12.3 Å². The van der Waals surface area contributed by atoms with Crippen molar-refractivity contribution in [3.8, 4) is 0 Å². The van der Waals surface area contributed by atoms with Crippen LogP contribution < -0.4 is 4.72 Å². The molecule has 0 amide bonds. The fourth-order valence-corrected chi connectivity index (χ4v) is 4.52. The van der Waals surface area contributed by atoms with Gasteiger partial charge in [-0.2, -0.15) is 0 Å². The molecule has 0 radical (unpaired) electrons. The number of fused-ring (bicyclic) bond motifs is 2. The summed E-state index contributed by atoms with van der Waals surface area (Å²) in [5.74, 6) is 0.851. The quantitative estimate of drug-likeness (QED) is 0.765. The first-order chi connectivity index (χ1) is 12.1. The van der Waals surface area contributed by atoms with Crippen LogP contribution in [0.2, 0.25) is 0 Å². The van der Waals surface area contributed by atoms with E-state index < -0.39 is 10.0 Å². The minimum absolute atomic E-state index is 0.327. The summed E-state index contributed by atoms with van der Waals surface area (Å²) in [6.45, 7) is 0.327. The van der Waals surface area contributed by atoms with Crippen LogP contribution in [0.5, 0.6) is 0 Å². The van der Waals surface area contributed by atoms with Crippen molar-refractivity contribution in [1.29, 1.82) is 0 Å². The number of aryl methyl sites for hydroxylation is 2. The third-order valence-electron chi connectivity index (χ3n) is 4.79. The Labute approximate surface area is 147 Å². The largest absolute Gasteiger partial charge is 0.304 e. The molecule has 130 valence electrons. The lowest BCUT2D eigenvalue weighted by molar-refractivity contribution is 0.580. The van der Waals surface area contributed by atoms with Gasteiger partial charge in [0.25, 0.3) is 0 Å². The summed E-state index contributed by atoms with van der Waals surface area (Å²) in [6, 6.07) is 11.4. The number of imidazole rings is 1. The van der Waals surface area contributed by atoms with Crippen LogP contribution in [0.15, 0.2) is 53.7 Å². The lowest BCUT2D eigenvalue weighted by Gasteiger charge is -2.16. The zero-order valence-electron chi connectivity index (χ0n) is 14.0. The van der Waals surface area contributed by atoms with Crippen molar-refractivity contribution in [1.82, 2.24) is 14.1 Å². The number of aromatic nitrogens is 2. The van der Waals surface area contributed by atoms with Crippen molar-refractivity contribution >= 4 is 15.5 Å². The number of nitrogens with one attached hydrogen (secondary N) is 1. The van der Waals surface area contributed by atoms with Gasteiger partial charge in [0.15, 0.2) is 0 Å². The second-order valence-electron chi connectivity index (χ2n) is 6.46. The predicted octanol–water partition coefficient (Wildman–Crippen LogP) is 2.73. The van der Waals surface area contributed by atoms with Crippen LogP contribution in [0.25, 0.3) is 5.52 Å². The van der Waals surface area contributed by atoms with Gasteiger partial charge in [-0.1, -0.05) is 12.1 Å². The number of nitrogens with zero attached hydrogens (tertiary/aromatic N) is 2. The average Bonchev–Trinajstić information content (AvgIpc) is 3.04. The topological polar surface area (TPSA) is 63.5 Å². The van der Waals surface area contributed by atoms with Crippen LogP contribution in [0, 0.1) is 0 Å². The number of pyridine rings is 1. The van der Waals surface area contributed by atoms with E-state index in [9.17, 15) is 8.42 Å². The molecule has 0 saturated carbocycles. The van der Waals surface area contributed by atoms with Gasteiger partial charge in [0.2, 0.25) is 10.0 Å². The molecule has 0 unspecified atom stereocenters. The molecule has 6 heteroatoms. The van der Waals surface area contributed by atoms with E-state index in [2.05, 4.69) is 9.71 Å². The highest BCUT2D eigenvalue weighted by atomic mass is 32.2. The first-order valence-electron chi connectivity index (χ1n) is 8.66. The van der Waals surface area contributed by atoms with E-state index in [-0.39, 0.29) is 0 Å². The van der Waals surface area contributed by atoms with E-state index >= 15 is 0 Å². The maximum atomic E-state index is 12.6. The van der Waals surface area contributed by atoms with E-state index in [1.807, 2.05) is 40.9 Å². The minimum Gasteiger partial charge on any atom is -0.304 e. The van der Waals surface area contributed by atoms with Crippen LogP contribution >= 0.6 is 0 Å². The minimum atomic E-state index is -3.49. The van der Waals surface area contributed by atoms with Gasteiger partial charge in [0.1, 0.15) is 5.82 Å². The number of benzene rings is 1. The molecule has 0 fully saturated rings. The molecule has 2 heterocycles. The zero-order valence-corrected chi connectivity index (χ0v) is 14.8. The molecule has 0 saturated heterocycles. The SMILES string of the molecule is O=S(=O)(NCCc1ncc2ccccn12)c1ccc2c(c1)CCCC2. The third-order valence-corrected chi connectivity index (χ3v) is 6.24. The van der Waals surface area contributed by atoms with Gasteiger partial charge in [0.05, 0.1) is 16.6 Å². The maximum absolute atomic E-state index is 12.6. The summed E-state index contributed by atoms with van der Waals surface area (Å²) in [5.41, 5.74) is 3.47. The fraction of sp³-hybridized carbons (Fsp3) is 0.316. The van der Waals surface area contributed by atoms with E-state index in [4.69, 9.17) is 0 Å². The predicted molar refractivity (Wildman–Crippen MR) is 97.2 cm³/mol. The van der Waals surface area contributed by atoms with Crippen molar-refractivity contribution in [3.05, 3.63) is 65.7 Å². The summed E-state index contributed by atoms with van der Waals surface area (Å²) >= 11 is 0. The second kappa shape index (κ2) is 6.61. The molecule has 1 N–H and O–H groups in total. The van der Waals surface area contributed by atoms with Crippen LogP contribution in [-0.2, 0) is 29.3 Å². The first-order valence-corrected chi connectivity index (χ1v) is 10.1. The van der Waals surface area contributed by atoms with Crippen molar-refractivity contribution in [2.45, 2.75) is 37.0 Å². The fourth-order valence-electron chi connectivity index (χ4n) is 3.44. The van der Waals surface area contributed by atoms with Crippen molar-refractivity contribution in [3.63, 3.8) is 0 Å². The van der Waals surface area contributed by atoms with E-state index in [0.717, 1.165) is 30.6 Å². The Hall–Kier alpha value is -2.18. The molecule has 1 aliphatic carbocycles. The molecule has 25 heavy (non-hydrogen) atoms. The number of hydrogen-bond acceptors (Lipinski definition) is 3. The first kappa shape index (κ1) is 16.3. The van der Waals surface area contributed by atoms with Crippen LogP contribution in [0.3, 0.4) is 0 Å². The van der Waals surface area contributed by atoms with E-state index in [1.165, 1.54) is 17.5 Å². The molecule has 1 aliphatic rings. The monoisotopic (exact) mass is 355 g/mol. The smallest absolute Gasteiger partial charge is 0.240 e. The highest BCUT2D eigenvalue weighted by Crippen LogP contribution is 2.24. The molecular weight excluding hydrogens is 334 g/mol. The molecular formula is C19H21N3O2S. The Bertz CT molecular complexity index is 1010. The van der Waals surface area contributed by atoms with Crippen LogP contribution in [0.1, 0.15) is 29.8 Å². The normalized spacial score (nSPS) is 14.6. The summed E-state index contributed by atoms with van der Waals surface area (Å²) in [5, 5.41) is 0. The molecule has 0 atom stereocenters. The van der Waals surface area contributed by atoms with Crippen LogP contribution in [0.4, 0.5) is 0 Å². The Morgan fingerprint density at radius 3 is 2.80 bits per heavy atom. The van der Waals surface area contributed by atoms with E-state index in [0.29, 0.717) is 17.9 Å². The Morgan fingerprint density at radius 1 is 1.08 bits per heavy atom. The van der Waals surface area contributed by atoms with Gasteiger partial charge in [-0.05, 0) is 61.1 Å². The molecule has 3 aromatic rings.